The van der Waals surface area contributed by atoms with Gasteiger partial charge in [-0.25, -0.2) is 4.98 Å². The van der Waals surface area contributed by atoms with Crippen LogP contribution in [0.5, 0.6) is 0 Å². The summed E-state index contributed by atoms with van der Waals surface area (Å²) in [5.74, 6) is 1.45. The third kappa shape index (κ3) is 3.59. The second kappa shape index (κ2) is 7.31. The van der Waals surface area contributed by atoms with Gasteiger partial charge in [0.1, 0.15) is 10.9 Å². The maximum atomic E-state index is 11.9. The molecule has 2 aromatic rings. The highest BCUT2D eigenvalue weighted by molar-refractivity contribution is 7.99. The van der Waals surface area contributed by atoms with Crippen molar-refractivity contribution in [1.29, 1.82) is 0 Å². The van der Waals surface area contributed by atoms with Gasteiger partial charge < -0.3 is 14.8 Å². The zero-order valence-corrected chi connectivity index (χ0v) is 15.0. The summed E-state index contributed by atoms with van der Waals surface area (Å²) in [4.78, 5) is 17.8. The Balaban J connectivity index is 1.72. The molecule has 128 valence electrons. The second-order valence-electron chi connectivity index (χ2n) is 6.11. The van der Waals surface area contributed by atoms with Gasteiger partial charge in [-0.05, 0) is 49.8 Å². The predicted octanol–water partition coefficient (Wildman–Crippen LogP) is 1.53. The zero-order valence-electron chi connectivity index (χ0n) is 14.2. The van der Waals surface area contributed by atoms with E-state index in [4.69, 9.17) is 0 Å². The van der Waals surface area contributed by atoms with E-state index in [9.17, 15) is 4.79 Å². The van der Waals surface area contributed by atoms with Crippen LogP contribution in [0.1, 0.15) is 34.9 Å². The summed E-state index contributed by atoms with van der Waals surface area (Å²) in [5.41, 5.74) is 0.581. The van der Waals surface area contributed by atoms with Crippen LogP contribution in [0.15, 0.2) is 28.5 Å². The monoisotopic (exact) mass is 346 g/mol. The first-order chi connectivity index (χ1) is 11.6. The van der Waals surface area contributed by atoms with Crippen molar-refractivity contribution in [2.24, 2.45) is 7.05 Å². The Bertz CT molecular complexity index is 706. The standard InChI is InChI=1S/C16H22N6OS/c1-21(2)15(23)12-4-5-13(18-10-12)24-16-20-19-14(22(16)3)11-6-8-17-9-7-11/h4-5,10-11,17H,6-9H2,1-3H3. The second-order valence-corrected chi connectivity index (χ2v) is 7.10. The molecule has 1 saturated heterocycles. The molecule has 3 heterocycles. The van der Waals surface area contributed by atoms with Crippen LogP contribution >= 0.6 is 11.8 Å². The van der Waals surface area contributed by atoms with E-state index in [2.05, 4.69) is 25.1 Å². The molecule has 24 heavy (non-hydrogen) atoms. The number of piperidine rings is 1. The molecule has 1 N–H and O–H groups in total. The van der Waals surface area contributed by atoms with Crippen molar-refractivity contribution in [2.45, 2.75) is 28.9 Å². The van der Waals surface area contributed by atoms with E-state index in [1.165, 1.54) is 16.7 Å². The number of nitrogens with one attached hydrogen (secondary N) is 1. The molecule has 1 amide bonds. The summed E-state index contributed by atoms with van der Waals surface area (Å²) >= 11 is 1.47. The number of carbonyl (C=O) groups is 1. The molecule has 7 nitrogen and oxygen atoms in total. The molecule has 1 aliphatic heterocycles. The van der Waals surface area contributed by atoms with Gasteiger partial charge in [-0.1, -0.05) is 0 Å². The topological polar surface area (TPSA) is 75.9 Å². The van der Waals surface area contributed by atoms with Gasteiger partial charge in [-0.2, -0.15) is 0 Å². The summed E-state index contributed by atoms with van der Waals surface area (Å²) in [7, 11) is 5.46. The maximum Gasteiger partial charge on any atom is 0.254 e. The van der Waals surface area contributed by atoms with Crippen molar-refractivity contribution in [2.75, 3.05) is 27.2 Å². The average Bonchev–Trinajstić information content (AvgIpc) is 2.96. The Hall–Kier alpha value is -1.93. The quantitative estimate of drug-likeness (QED) is 0.905. The van der Waals surface area contributed by atoms with Gasteiger partial charge in [0.15, 0.2) is 5.16 Å². The molecule has 1 aliphatic rings. The van der Waals surface area contributed by atoms with Crippen LogP contribution in [0.2, 0.25) is 0 Å². The molecule has 0 aliphatic carbocycles. The summed E-state index contributed by atoms with van der Waals surface area (Å²) < 4.78 is 2.06. The number of aromatic nitrogens is 4. The molecule has 3 rings (SSSR count). The molecule has 0 unspecified atom stereocenters. The number of rotatable bonds is 4. The summed E-state index contributed by atoms with van der Waals surface area (Å²) in [6.45, 7) is 2.06. The minimum Gasteiger partial charge on any atom is -0.345 e. The lowest BCUT2D eigenvalue weighted by atomic mass is 9.97. The highest BCUT2D eigenvalue weighted by atomic mass is 32.2. The first kappa shape index (κ1) is 16.9. The minimum atomic E-state index is -0.0501. The van der Waals surface area contributed by atoms with E-state index in [0.717, 1.165) is 41.9 Å². The van der Waals surface area contributed by atoms with Crippen molar-refractivity contribution in [3.63, 3.8) is 0 Å². The Morgan fingerprint density at radius 2 is 2.04 bits per heavy atom. The lowest BCUT2D eigenvalue weighted by Crippen LogP contribution is -2.27. The Labute approximate surface area is 145 Å². The number of pyridine rings is 1. The van der Waals surface area contributed by atoms with Crippen LogP contribution in [0.4, 0.5) is 0 Å². The zero-order chi connectivity index (χ0) is 17.1. The molecule has 0 bridgehead atoms. The molecule has 0 spiro atoms. The number of carbonyl (C=O) groups excluding carboxylic acids is 1. The van der Waals surface area contributed by atoms with Crippen molar-refractivity contribution >= 4 is 17.7 Å². The summed E-state index contributed by atoms with van der Waals surface area (Å²) in [5, 5.41) is 13.7. The lowest BCUT2D eigenvalue weighted by Gasteiger charge is -2.21. The Morgan fingerprint density at radius 1 is 1.29 bits per heavy atom. The van der Waals surface area contributed by atoms with Gasteiger partial charge >= 0.3 is 0 Å². The van der Waals surface area contributed by atoms with Crippen molar-refractivity contribution in [3.8, 4) is 0 Å². The molecule has 0 atom stereocenters. The van der Waals surface area contributed by atoms with Crippen LogP contribution in [-0.2, 0) is 7.05 Å². The predicted molar refractivity (Wildman–Crippen MR) is 92.2 cm³/mol. The van der Waals surface area contributed by atoms with Gasteiger partial charge in [-0.3, -0.25) is 4.79 Å². The fourth-order valence-corrected chi connectivity index (χ4v) is 3.51. The van der Waals surface area contributed by atoms with E-state index in [1.807, 2.05) is 13.1 Å². The van der Waals surface area contributed by atoms with Gasteiger partial charge in [-0.15, -0.1) is 10.2 Å². The number of hydrogen-bond donors (Lipinski definition) is 1. The van der Waals surface area contributed by atoms with Crippen molar-refractivity contribution in [3.05, 3.63) is 29.7 Å². The van der Waals surface area contributed by atoms with Crippen LogP contribution in [0, 0.1) is 0 Å². The number of hydrogen-bond acceptors (Lipinski definition) is 6. The molecule has 1 fully saturated rings. The normalized spacial score (nSPS) is 15.5. The molecule has 0 aromatic carbocycles. The van der Waals surface area contributed by atoms with Gasteiger partial charge in [0, 0.05) is 33.3 Å². The van der Waals surface area contributed by atoms with Gasteiger partial charge in [0.25, 0.3) is 5.91 Å². The van der Waals surface area contributed by atoms with E-state index in [1.54, 1.807) is 26.4 Å². The smallest absolute Gasteiger partial charge is 0.254 e. The Kier molecular flexibility index (Phi) is 5.15. The fraction of sp³-hybridized carbons (Fsp3) is 0.500. The van der Waals surface area contributed by atoms with Crippen LogP contribution < -0.4 is 5.32 Å². The molecule has 2 aromatic heterocycles. The highest BCUT2D eigenvalue weighted by Gasteiger charge is 2.22. The first-order valence-corrected chi connectivity index (χ1v) is 8.83. The fourth-order valence-electron chi connectivity index (χ4n) is 2.77. The summed E-state index contributed by atoms with van der Waals surface area (Å²) in [6.07, 6.45) is 3.79. The van der Waals surface area contributed by atoms with Crippen molar-refractivity contribution in [1.82, 2.24) is 30.0 Å². The molecule has 0 radical (unpaired) electrons. The van der Waals surface area contributed by atoms with E-state index >= 15 is 0 Å². The van der Waals surface area contributed by atoms with Crippen LogP contribution in [0.25, 0.3) is 0 Å². The first-order valence-electron chi connectivity index (χ1n) is 8.02. The summed E-state index contributed by atoms with van der Waals surface area (Å²) in [6, 6.07) is 3.64. The molecular weight excluding hydrogens is 324 g/mol. The molecule has 8 heteroatoms. The van der Waals surface area contributed by atoms with Crippen LogP contribution in [0.3, 0.4) is 0 Å². The lowest BCUT2D eigenvalue weighted by molar-refractivity contribution is 0.0827. The average molecular weight is 346 g/mol. The Morgan fingerprint density at radius 3 is 2.67 bits per heavy atom. The number of nitrogens with zero attached hydrogens (tertiary/aromatic N) is 5. The van der Waals surface area contributed by atoms with Crippen LogP contribution in [-0.4, -0.2) is 57.7 Å². The SMILES string of the molecule is CN(C)C(=O)c1ccc(Sc2nnc(C3CCNCC3)n2C)nc1. The highest BCUT2D eigenvalue weighted by Crippen LogP contribution is 2.29. The third-order valence-corrected chi connectivity index (χ3v) is 5.15. The maximum absolute atomic E-state index is 11.9. The third-order valence-electron chi connectivity index (χ3n) is 4.16. The van der Waals surface area contributed by atoms with Crippen molar-refractivity contribution < 1.29 is 4.79 Å². The van der Waals surface area contributed by atoms with E-state index < -0.39 is 0 Å². The van der Waals surface area contributed by atoms with E-state index in [-0.39, 0.29) is 5.91 Å². The minimum absolute atomic E-state index is 0.0501. The largest absolute Gasteiger partial charge is 0.345 e. The molecular formula is C16H22N6OS. The van der Waals surface area contributed by atoms with E-state index in [0.29, 0.717) is 11.5 Å². The number of amides is 1. The van der Waals surface area contributed by atoms with Gasteiger partial charge in [0.2, 0.25) is 0 Å². The van der Waals surface area contributed by atoms with Gasteiger partial charge in [0.05, 0.1) is 5.56 Å². The molecule has 0 saturated carbocycles.